The number of pyridine rings is 1. The Balaban J connectivity index is 1.81. The van der Waals surface area contributed by atoms with E-state index in [4.69, 9.17) is 19.1 Å². The normalized spacial score (nSPS) is 12.0. The number of hydrogen-bond donors (Lipinski definition) is 3. The van der Waals surface area contributed by atoms with E-state index in [1.54, 1.807) is 13.2 Å². The van der Waals surface area contributed by atoms with Crippen molar-refractivity contribution in [1.29, 1.82) is 0 Å². The van der Waals surface area contributed by atoms with Gasteiger partial charge in [-0.25, -0.2) is 4.98 Å². The van der Waals surface area contributed by atoms with Gasteiger partial charge in [-0.05, 0) is 55.0 Å². The zero-order chi connectivity index (χ0) is 26.2. The zero-order valence-electron chi connectivity index (χ0n) is 21.4. The van der Waals surface area contributed by atoms with Crippen LogP contribution in [-0.4, -0.2) is 64.2 Å². The van der Waals surface area contributed by atoms with Crippen LogP contribution in [0.25, 0.3) is 22.8 Å². The third kappa shape index (κ3) is 7.02. The van der Waals surface area contributed by atoms with E-state index in [1.165, 1.54) is 0 Å². The van der Waals surface area contributed by atoms with Crippen molar-refractivity contribution in [2.75, 3.05) is 26.9 Å². The number of nitrogens with one attached hydrogen (secondary N) is 1. The molecule has 0 aliphatic carbocycles. The van der Waals surface area contributed by atoms with Crippen molar-refractivity contribution in [3.8, 4) is 34.5 Å². The highest BCUT2D eigenvalue weighted by molar-refractivity contribution is 5.76. The van der Waals surface area contributed by atoms with Crippen LogP contribution in [0.5, 0.6) is 11.6 Å². The summed E-state index contributed by atoms with van der Waals surface area (Å²) in [4.78, 5) is 20.3. The second kappa shape index (κ2) is 12.5. The highest BCUT2D eigenvalue weighted by atomic mass is 16.5. The van der Waals surface area contributed by atoms with Gasteiger partial charge in [0.2, 0.25) is 17.6 Å². The molecule has 194 valence electrons. The van der Waals surface area contributed by atoms with Crippen LogP contribution in [0.1, 0.15) is 37.6 Å². The lowest BCUT2D eigenvalue weighted by Gasteiger charge is -2.17. The number of carbonyl (C=O) groups is 1. The van der Waals surface area contributed by atoms with Crippen molar-refractivity contribution in [3.05, 3.63) is 41.1 Å². The monoisotopic (exact) mass is 498 g/mol. The molecule has 3 rings (SSSR count). The minimum atomic E-state index is -0.915. The predicted octanol–water partition coefficient (Wildman–Crippen LogP) is 2.72. The molecule has 10 heteroatoms. The Bertz CT molecular complexity index is 1180. The molecular weight excluding hydrogens is 464 g/mol. The Morgan fingerprint density at radius 3 is 2.61 bits per heavy atom. The fourth-order valence-corrected chi connectivity index (χ4v) is 3.74. The number of carbonyl (C=O) groups excluding carboxylic acids is 1. The Morgan fingerprint density at radius 2 is 1.94 bits per heavy atom. The molecule has 0 radical (unpaired) electrons. The fourth-order valence-electron chi connectivity index (χ4n) is 3.74. The van der Waals surface area contributed by atoms with Crippen molar-refractivity contribution >= 4 is 5.91 Å². The van der Waals surface area contributed by atoms with Gasteiger partial charge in [0.25, 0.3) is 5.89 Å². The molecule has 1 atom stereocenters. The maximum absolute atomic E-state index is 11.2. The first-order valence-corrected chi connectivity index (χ1v) is 11.9. The standard InChI is InChI=1S/C26H34N4O6/c1-6-17-9-18(8-16(4)24(17)35-14-21(32)12-27-22(33)13-31)25-29-26(36-30-25)19-10-20(7-15(2)3)28-23(11-19)34-5/h8-11,15,21,31-32H,6-7,12-14H2,1-5H3,(H,27,33)/t21-/m0/s1. The van der Waals surface area contributed by atoms with E-state index in [1.807, 2.05) is 32.0 Å². The quantitative estimate of drug-likeness (QED) is 0.344. The number of benzene rings is 1. The van der Waals surface area contributed by atoms with Crippen molar-refractivity contribution in [2.24, 2.45) is 5.92 Å². The number of rotatable bonds is 12. The van der Waals surface area contributed by atoms with Crippen LogP contribution in [0.4, 0.5) is 0 Å². The number of nitrogens with zero attached hydrogens (tertiary/aromatic N) is 3. The summed E-state index contributed by atoms with van der Waals surface area (Å²) in [7, 11) is 1.58. The number of hydrogen-bond acceptors (Lipinski definition) is 9. The van der Waals surface area contributed by atoms with Crippen molar-refractivity contribution in [2.45, 2.75) is 46.6 Å². The van der Waals surface area contributed by atoms with Gasteiger partial charge in [0.05, 0.1) is 7.11 Å². The molecule has 2 heterocycles. The van der Waals surface area contributed by atoms with Gasteiger partial charge in [0.1, 0.15) is 25.1 Å². The van der Waals surface area contributed by atoms with Gasteiger partial charge in [-0.2, -0.15) is 4.98 Å². The summed E-state index contributed by atoms with van der Waals surface area (Å²) in [5.74, 6) is 1.86. The molecule has 10 nitrogen and oxygen atoms in total. The summed E-state index contributed by atoms with van der Waals surface area (Å²) in [6.07, 6.45) is 0.572. The third-order valence-corrected chi connectivity index (χ3v) is 5.44. The fraction of sp³-hybridized carbons (Fsp3) is 0.462. The van der Waals surface area contributed by atoms with Gasteiger partial charge in [-0.15, -0.1) is 0 Å². The largest absolute Gasteiger partial charge is 0.490 e. The summed E-state index contributed by atoms with van der Waals surface area (Å²) in [5.41, 5.74) is 4.19. The number of amides is 1. The lowest BCUT2D eigenvalue weighted by molar-refractivity contribution is -0.124. The van der Waals surface area contributed by atoms with Gasteiger partial charge in [0, 0.05) is 29.4 Å². The van der Waals surface area contributed by atoms with E-state index in [0.717, 1.165) is 34.4 Å². The number of aliphatic hydroxyl groups excluding tert-OH is 2. The molecule has 1 aromatic carbocycles. The Kier molecular flexibility index (Phi) is 9.38. The van der Waals surface area contributed by atoms with E-state index in [-0.39, 0.29) is 13.2 Å². The number of methoxy groups -OCH3 is 1. The summed E-state index contributed by atoms with van der Waals surface area (Å²) < 4.78 is 16.8. The lowest BCUT2D eigenvalue weighted by atomic mass is 10.0. The molecule has 0 unspecified atom stereocenters. The van der Waals surface area contributed by atoms with Crippen molar-refractivity contribution < 1.29 is 29.0 Å². The van der Waals surface area contributed by atoms with Crippen LogP contribution in [0.3, 0.4) is 0 Å². The predicted molar refractivity (Wildman–Crippen MR) is 134 cm³/mol. The van der Waals surface area contributed by atoms with E-state index in [2.05, 4.69) is 34.3 Å². The molecule has 0 aliphatic heterocycles. The molecular formula is C26H34N4O6. The first-order chi connectivity index (χ1) is 17.2. The maximum atomic E-state index is 11.2. The van der Waals surface area contributed by atoms with Gasteiger partial charge < -0.3 is 29.5 Å². The second-order valence-corrected chi connectivity index (χ2v) is 8.97. The summed E-state index contributed by atoms with van der Waals surface area (Å²) in [6, 6.07) is 7.55. The number of aliphatic hydroxyl groups is 2. The Morgan fingerprint density at radius 1 is 1.17 bits per heavy atom. The van der Waals surface area contributed by atoms with Crippen LogP contribution in [0.15, 0.2) is 28.8 Å². The number of aryl methyl sites for hydroxylation is 2. The molecule has 0 saturated heterocycles. The minimum Gasteiger partial charge on any atom is -0.490 e. The van der Waals surface area contributed by atoms with Crippen molar-refractivity contribution in [1.82, 2.24) is 20.4 Å². The third-order valence-electron chi connectivity index (χ3n) is 5.44. The molecule has 36 heavy (non-hydrogen) atoms. The molecule has 0 aliphatic rings. The molecule has 3 N–H and O–H groups in total. The smallest absolute Gasteiger partial charge is 0.258 e. The number of ether oxygens (including phenoxy) is 2. The Hall–Kier alpha value is -3.50. The average molecular weight is 499 g/mol. The van der Waals surface area contributed by atoms with E-state index >= 15 is 0 Å². The first-order valence-electron chi connectivity index (χ1n) is 11.9. The van der Waals surface area contributed by atoms with Crippen LogP contribution < -0.4 is 14.8 Å². The molecule has 2 aromatic heterocycles. The summed E-state index contributed by atoms with van der Waals surface area (Å²) in [6.45, 7) is 7.52. The zero-order valence-corrected chi connectivity index (χ0v) is 21.4. The average Bonchev–Trinajstić information content (AvgIpc) is 3.36. The van der Waals surface area contributed by atoms with E-state index < -0.39 is 18.6 Å². The maximum Gasteiger partial charge on any atom is 0.258 e. The highest BCUT2D eigenvalue weighted by Gasteiger charge is 2.18. The Labute approximate surface area is 210 Å². The molecule has 1 amide bonds. The van der Waals surface area contributed by atoms with Gasteiger partial charge in [-0.1, -0.05) is 25.9 Å². The topological polar surface area (TPSA) is 140 Å². The van der Waals surface area contributed by atoms with Crippen LogP contribution in [0, 0.1) is 12.8 Å². The van der Waals surface area contributed by atoms with Gasteiger partial charge in [-0.3, -0.25) is 4.79 Å². The summed E-state index contributed by atoms with van der Waals surface area (Å²) >= 11 is 0. The lowest BCUT2D eigenvalue weighted by Crippen LogP contribution is -2.36. The van der Waals surface area contributed by atoms with Gasteiger partial charge >= 0.3 is 0 Å². The van der Waals surface area contributed by atoms with E-state index in [0.29, 0.717) is 35.7 Å². The van der Waals surface area contributed by atoms with Crippen molar-refractivity contribution in [3.63, 3.8) is 0 Å². The van der Waals surface area contributed by atoms with Crippen LogP contribution in [-0.2, 0) is 17.6 Å². The molecule has 0 bridgehead atoms. The summed E-state index contributed by atoms with van der Waals surface area (Å²) in [5, 5.41) is 25.5. The van der Waals surface area contributed by atoms with Crippen LogP contribution >= 0.6 is 0 Å². The SMILES string of the molecule is CCc1cc(-c2noc(-c3cc(CC(C)C)nc(OC)c3)n2)cc(C)c1OC[C@@H](O)CNC(=O)CO. The molecule has 0 saturated carbocycles. The van der Waals surface area contributed by atoms with E-state index in [9.17, 15) is 9.90 Å². The first kappa shape index (κ1) is 27.1. The number of aromatic nitrogens is 3. The molecule has 3 aromatic rings. The molecule has 0 fully saturated rings. The minimum absolute atomic E-state index is 0.00611. The van der Waals surface area contributed by atoms with Crippen LogP contribution in [0.2, 0.25) is 0 Å². The second-order valence-electron chi connectivity index (χ2n) is 8.97. The van der Waals surface area contributed by atoms with Gasteiger partial charge in [0.15, 0.2) is 0 Å². The highest BCUT2D eigenvalue weighted by Crippen LogP contribution is 2.32. The molecule has 0 spiro atoms.